The van der Waals surface area contributed by atoms with Gasteiger partial charge in [0.15, 0.2) is 0 Å². The van der Waals surface area contributed by atoms with Gasteiger partial charge in [-0.3, -0.25) is 4.79 Å². The summed E-state index contributed by atoms with van der Waals surface area (Å²) in [6.07, 6.45) is 5.52. The fraction of sp³-hybridized carbons (Fsp3) is 0.700. The number of aliphatic hydroxyl groups excluding tert-OH is 1. The molecule has 2 fully saturated rings. The molecule has 0 aromatic carbocycles. The van der Waals surface area contributed by atoms with Crippen LogP contribution in [0.2, 0.25) is 0 Å². The third-order valence-corrected chi connectivity index (χ3v) is 4.98. The first-order valence-corrected chi connectivity index (χ1v) is 9.87. The quantitative estimate of drug-likeness (QED) is 0.707. The Morgan fingerprint density at radius 3 is 2.69 bits per heavy atom. The van der Waals surface area contributed by atoms with Gasteiger partial charge in [0.2, 0.25) is 5.88 Å². The molecule has 26 heavy (non-hydrogen) atoms. The van der Waals surface area contributed by atoms with Crippen molar-refractivity contribution < 1.29 is 14.6 Å². The van der Waals surface area contributed by atoms with E-state index in [-0.39, 0.29) is 18.6 Å². The fourth-order valence-corrected chi connectivity index (χ4v) is 3.35. The second kappa shape index (κ2) is 8.71. The number of anilines is 1. The Bertz CT molecular complexity index is 610. The van der Waals surface area contributed by atoms with Crippen LogP contribution in [0, 0.1) is 11.8 Å². The van der Waals surface area contributed by atoms with Crippen molar-refractivity contribution in [1.82, 2.24) is 10.3 Å². The van der Waals surface area contributed by atoms with Crippen LogP contribution in [0.25, 0.3) is 0 Å². The maximum atomic E-state index is 12.6. The van der Waals surface area contributed by atoms with E-state index in [1.165, 1.54) is 25.7 Å². The molecule has 1 amide bonds. The van der Waals surface area contributed by atoms with Crippen molar-refractivity contribution in [1.29, 1.82) is 0 Å². The van der Waals surface area contributed by atoms with Gasteiger partial charge in [-0.1, -0.05) is 13.8 Å². The zero-order chi connectivity index (χ0) is 18.5. The average molecular weight is 361 g/mol. The van der Waals surface area contributed by atoms with Crippen LogP contribution in [0.15, 0.2) is 12.1 Å². The lowest BCUT2D eigenvalue weighted by molar-refractivity contribution is 0.0902. The van der Waals surface area contributed by atoms with E-state index in [1.54, 1.807) is 6.07 Å². The van der Waals surface area contributed by atoms with Gasteiger partial charge in [0.1, 0.15) is 5.69 Å². The third kappa shape index (κ3) is 5.10. The number of ether oxygens (including phenoxy) is 1. The Morgan fingerprint density at radius 2 is 2.08 bits per heavy atom. The van der Waals surface area contributed by atoms with Gasteiger partial charge >= 0.3 is 0 Å². The highest BCUT2D eigenvalue weighted by molar-refractivity contribution is 5.93. The molecule has 0 spiro atoms. The molecule has 0 radical (unpaired) electrons. The lowest BCUT2D eigenvalue weighted by Gasteiger charge is -2.22. The topological polar surface area (TPSA) is 74.7 Å². The van der Waals surface area contributed by atoms with Crippen LogP contribution in [0.3, 0.4) is 0 Å². The molecule has 1 saturated carbocycles. The highest BCUT2D eigenvalue weighted by Gasteiger charge is 2.25. The molecule has 1 aliphatic carbocycles. The van der Waals surface area contributed by atoms with E-state index >= 15 is 0 Å². The van der Waals surface area contributed by atoms with Crippen molar-refractivity contribution in [2.75, 3.05) is 31.2 Å². The van der Waals surface area contributed by atoms with Gasteiger partial charge < -0.3 is 20.1 Å². The molecule has 6 heteroatoms. The van der Waals surface area contributed by atoms with Crippen LogP contribution in [0.4, 0.5) is 5.69 Å². The highest BCUT2D eigenvalue weighted by atomic mass is 16.5. The Kier molecular flexibility index (Phi) is 6.35. The molecule has 1 aliphatic heterocycles. The number of nitrogens with one attached hydrogen (secondary N) is 1. The summed E-state index contributed by atoms with van der Waals surface area (Å²) in [6.45, 7) is 6.76. The fourth-order valence-electron chi connectivity index (χ4n) is 3.35. The summed E-state index contributed by atoms with van der Waals surface area (Å²) < 4.78 is 5.98. The molecule has 144 valence electrons. The number of hydrogen-bond donors (Lipinski definition) is 2. The molecule has 2 N–H and O–H groups in total. The number of nitrogens with zero attached hydrogens (tertiary/aromatic N) is 2. The molecule has 2 heterocycles. The number of carbonyl (C=O) groups excluding carboxylic acids is 1. The van der Waals surface area contributed by atoms with Gasteiger partial charge in [-0.25, -0.2) is 4.98 Å². The number of amides is 1. The van der Waals surface area contributed by atoms with E-state index in [9.17, 15) is 9.90 Å². The SMILES string of the molecule is CC(C)C[C@H](CO)NC(=O)c1ccc(N2CCCC2)c(OCC2CC2)n1. The smallest absolute Gasteiger partial charge is 0.270 e. The summed E-state index contributed by atoms with van der Waals surface area (Å²) in [5.41, 5.74) is 1.33. The lowest BCUT2D eigenvalue weighted by Crippen LogP contribution is -2.38. The van der Waals surface area contributed by atoms with E-state index in [1.807, 2.05) is 6.07 Å². The second-order valence-corrected chi connectivity index (χ2v) is 7.95. The third-order valence-electron chi connectivity index (χ3n) is 4.98. The normalized spacial score (nSPS) is 18.2. The van der Waals surface area contributed by atoms with Gasteiger partial charge in [0.25, 0.3) is 5.91 Å². The number of rotatable bonds is 9. The largest absolute Gasteiger partial charge is 0.476 e. The van der Waals surface area contributed by atoms with E-state index in [0.717, 1.165) is 25.2 Å². The predicted molar refractivity (Wildman–Crippen MR) is 102 cm³/mol. The highest BCUT2D eigenvalue weighted by Crippen LogP contribution is 2.33. The van der Waals surface area contributed by atoms with Crippen LogP contribution in [-0.4, -0.2) is 48.3 Å². The first-order valence-electron chi connectivity index (χ1n) is 9.87. The molecule has 6 nitrogen and oxygen atoms in total. The number of carbonyl (C=O) groups is 1. The molecule has 1 atom stereocenters. The van der Waals surface area contributed by atoms with Gasteiger partial charge in [-0.15, -0.1) is 0 Å². The van der Waals surface area contributed by atoms with Crippen LogP contribution in [0.1, 0.15) is 56.4 Å². The van der Waals surface area contributed by atoms with Crippen molar-refractivity contribution in [3.8, 4) is 5.88 Å². The zero-order valence-corrected chi connectivity index (χ0v) is 15.9. The van der Waals surface area contributed by atoms with Gasteiger partial charge in [0, 0.05) is 13.1 Å². The van der Waals surface area contributed by atoms with E-state index in [0.29, 0.717) is 30.0 Å². The van der Waals surface area contributed by atoms with E-state index in [4.69, 9.17) is 4.74 Å². The van der Waals surface area contributed by atoms with Crippen molar-refractivity contribution >= 4 is 11.6 Å². The molecule has 1 saturated heterocycles. The maximum Gasteiger partial charge on any atom is 0.270 e. The minimum atomic E-state index is -0.256. The van der Waals surface area contributed by atoms with Crippen LogP contribution < -0.4 is 15.0 Å². The Balaban J connectivity index is 1.73. The zero-order valence-electron chi connectivity index (χ0n) is 15.9. The average Bonchev–Trinajstić information content (AvgIpc) is 3.30. The number of aromatic nitrogens is 1. The van der Waals surface area contributed by atoms with Crippen molar-refractivity contribution in [2.24, 2.45) is 11.8 Å². The van der Waals surface area contributed by atoms with E-state index in [2.05, 4.69) is 29.0 Å². The molecule has 0 unspecified atom stereocenters. The Labute approximate surface area is 155 Å². The minimum Gasteiger partial charge on any atom is -0.476 e. The van der Waals surface area contributed by atoms with Crippen LogP contribution in [0.5, 0.6) is 5.88 Å². The Hall–Kier alpha value is -1.82. The molecule has 0 bridgehead atoms. The molecule has 3 rings (SSSR count). The standard InChI is InChI=1S/C20H31N3O3/c1-14(2)11-16(12-24)21-19(25)17-7-8-18(23-9-3-4-10-23)20(22-17)26-13-15-5-6-15/h7-8,14-16,24H,3-6,9-13H2,1-2H3,(H,21,25)/t16-/m1/s1. The summed E-state index contributed by atoms with van der Waals surface area (Å²) in [6, 6.07) is 3.46. The predicted octanol–water partition coefficient (Wildman–Crippen LogP) is 2.61. The van der Waals surface area contributed by atoms with Crippen molar-refractivity contribution in [2.45, 2.75) is 52.0 Å². The summed E-state index contributed by atoms with van der Waals surface area (Å²) in [4.78, 5) is 19.4. The number of hydrogen-bond acceptors (Lipinski definition) is 5. The molecule has 1 aromatic heterocycles. The lowest BCUT2D eigenvalue weighted by atomic mass is 10.0. The summed E-state index contributed by atoms with van der Waals surface area (Å²) in [5, 5.41) is 12.4. The molecular weight excluding hydrogens is 330 g/mol. The first-order chi connectivity index (χ1) is 12.6. The van der Waals surface area contributed by atoms with Crippen molar-refractivity contribution in [3.05, 3.63) is 17.8 Å². The first kappa shape index (κ1) is 19.0. The number of aliphatic hydroxyl groups is 1. The summed E-state index contributed by atoms with van der Waals surface area (Å²) >= 11 is 0. The van der Waals surface area contributed by atoms with Gasteiger partial charge in [-0.2, -0.15) is 0 Å². The maximum absolute atomic E-state index is 12.6. The van der Waals surface area contributed by atoms with Crippen molar-refractivity contribution in [3.63, 3.8) is 0 Å². The molecule has 2 aliphatic rings. The monoisotopic (exact) mass is 361 g/mol. The molecular formula is C20H31N3O3. The van der Waals surface area contributed by atoms with E-state index < -0.39 is 0 Å². The van der Waals surface area contributed by atoms with Gasteiger partial charge in [0.05, 0.1) is 24.9 Å². The summed E-state index contributed by atoms with van der Waals surface area (Å²) in [5.74, 6) is 1.34. The van der Waals surface area contributed by atoms with Crippen LogP contribution in [-0.2, 0) is 0 Å². The van der Waals surface area contributed by atoms with Gasteiger partial charge in [-0.05, 0) is 56.1 Å². The number of pyridine rings is 1. The second-order valence-electron chi connectivity index (χ2n) is 7.95. The minimum absolute atomic E-state index is 0.0686. The summed E-state index contributed by atoms with van der Waals surface area (Å²) in [7, 11) is 0. The molecule has 1 aromatic rings. The Morgan fingerprint density at radius 1 is 1.35 bits per heavy atom. The van der Waals surface area contributed by atoms with Crippen LogP contribution >= 0.6 is 0 Å².